The fraction of sp³-hybridized carbons (Fsp3) is 0.143. The predicted octanol–water partition coefficient (Wildman–Crippen LogP) is 0.977. The number of hydrogen-bond donors (Lipinski definition) is 0. The Morgan fingerprint density at radius 2 is 0.950 bits per heavy atom. The summed E-state index contributed by atoms with van der Waals surface area (Å²) < 4.78 is 28.5. The SMILES string of the molecule is Cc1c(F)c(=C(C#N)C#N)c(C)c(F)c1=C(C#N)C#N. The fourth-order valence-electron chi connectivity index (χ4n) is 1.79. The Morgan fingerprint density at radius 1 is 0.700 bits per heavy atom. The number of nitrogens with zero attached hydrogens (tertiary/aromatic N) is 4. The minimum Gasteiger partial charge on any atom is -0.206 e. The van der Waals surface area contributed by atoms with E-state index < -0.39 is 33.2 Å². The number of hydrogen-bond acceptors (Lipinski definition) is 4. The van der Waals surface area contributed by atoms with E-state index in [0.29, 0.717) is 0 Å². The summed E-state index contributed by atoms with van der Waals surface area (Å²) in [7, 11) is 0. The first kappa shape index (κ1) is 14.8. The van der Waals surface area contributed by atoms with Gasteiger partial charge in [-0.15, -0.1) is 0 Å². The van der Waals surface area contributed by atoms with Gasteiger partial charge in [-0.25, -0.2) is 8.78 Å². The Kier molecular flexibility index (Phi) is 4.17. The first-order chi connectivity index (χ1) is 9.44. The van der Waals surface area contributed by atoms with E-state index in [2.05, 4.69) is 0 Å². The Hall–Kier alpha value is -3.22. The van der Waals surface area contributed by atoms with Crippen LogP contribution in [0.25, 0.3) is 11.1 Å². The van der Waals surface area contributed by atoms with Crippen molar-refractivity contribution >= 4 is 11.1 Å². The minimum absolute atomic E-state index is 0.288. The summed E-state index contributed by atoms with van der Waals surface area (Å²) >= 11 is 0. The molecule has 20 heavy (non-hydrogen) atoms. The first-order valence-electron chi connectivity index (χ1n) is 5.27. The van der Waals surface area contributed by atoms with Crippen molar-refractivity contribution in [2.24, 2.45) is 0 Å². The number of halogens is 2. The van der Waals surface area contributed by atoms with E-state index >= 15 is 0 Å². The molecule has 0 aliphatic heterocycles. The second kappa shape index (κ2) is 5.61. The summed E-state index contributed by atoms with van der Waals surface area (Å²) in [5.41, 5.74) is -1.71. The van der Waals surface area contributed by atoms with Crippen LogP contribution in [0.3, 0.4) is 0 Å². The third-order valence-corrected chi connectivity index (χ3v) is 2.79. The van der Waals surface area contributed by atoms with Gasteiger partial charge in [0, 0.05) is 10.4 Å². The number of nitriles is 4. The third kappa shape index (κ3) is 2.07. The van der Waals surface area contributed by atoms with Crippen LogP contribution in [0, 0.1) is 70.8 Å². The second-order valence-corrected chi connectivity index (χ2v) is 3.83. The zero-order chi connectivity index (χ0) is 15.4. The van der Waals surface area contributed by atoms with E-state index in [1.165, 1.54) is 38.1 Å². The molecule has 0 unspecified atom stereocenters. The molecule has 0 spiro atoms. The van der Waals surface area contributed by atoms with Crippen LogP contribution < -0.4 is 10.4 Å². The molecular formula is C14H6F2N4. The molecule has 96 valence electrons. The Bertz CT molecular complexity index is 742. The van der Waals surface area contributed by atoms with E-state index in [4.69, 9.17) is 21.0 Å². The van der Waals surface area contributed by atoms with Gasteiger partial charge in [-0.1, -0.05) is 0 Å². The number of rotatable bonds is 0. The van der Waals surface area contributed by atoms with Gasteiger partial charge in [-0.3, -0.25) is 0 Å². The van der Waals surface area contributed by atoms with Gasteiger partial charge < -0.3 is 0 Å². The molecule has 4 nitrogen and oxygen atoms in total. The molecule has 0 aromatic heterocycles. The summed E-state index contributed by atoms with van der Waals surface area (Å²) in [6, 6.07) is 5.97. The quantitative estimate of drug-likeness (QED) is 0.700. The molecule has 0 aliphatic carbocycles. The Labute approximate surface area is 113 Å². The van der Waals surface area contributed by atoms with E-state index in [1.807, 2.05) is 0 Å². The summed E-state index contributed by atoms with van der Waals surface area (Å²) in [6.45, 7) is 2.36. The summed E-state index contributed by atoms with van der Waals surface area (Å²) in [5.74, 6) is -1.97. The lowest BCUT2D eigenvalue weighted by Gasteiger charge is -2.06. The molecule has 1 aromatic carbocycles. The van der Waals surface area contributed by atoms with Gasteiger partial charge in [0.2, 0.25) is 0 Å². The first-order valence-corrected chi connectivity index (χ1v) is 5.27. The average molecular weight is 268 g/mol. The lowest BCUT2D eigenvalue weighted by atomic mass is 9.99. The molecule has 0 N–H and O–H groups in total. The van der Waals surface area contributed by atoms with Gasteiger partial charge in [0.15, 0.2) is 0 Å². The van der Waals surface area contributed by atoms with Gasteiger partial charge in [0.25, 0.3) is 0 Å². The Morgan fingerprint density at radius 3 is 1.15 bits per heavy atom. The van der Waals surface area contributed by atoms with Crippen LogP contribution in [0.4, 0.5) is 8.78 Å². The highest BCUT2D eigenvalue weighted by atomic mass is 19.1. The van der Waals surface area contributed by atoms with E-state index in [1.54, 1.807) is 0 Å². The fourth-order valence-corrected chi connectivity index (χ4v) is 1.79. The van der Waals surface area contributed by atoms with Crippen molar-refractivity contribution in [1.29, 1.82) is 21.0 Å². The van der Waals surface area contributed by atoms with E-state index in [-0.39, 0.29) is 11.1 Å². The van der Waals surface area contributed by atoms with Crippen LogP contribution in [0.5, 0.6) is 0 Å². The van der Waals surface area contributed by atoms with Gasteiger partial charge in [-0.2, -0.15) is 21.0 Å². The van der Waals surface area contributed by atoms with Crippen molar-refractivity contribution in [3.63, 3.8) is 0 Å². The van der Waals surface area contributed by atoms with Gasteiger partial charge in [-0.05, 0) is 25.0 Å². The van der Waals surface area contributed by atoms with E-state index in [0.717, 1.165) is 0 Å². The van der Waals surface area contributed by atoms with Crippen molar-refractivity contribution in [3.8, 4) is 24.3 Å². The zero-order valence-corrected chi connectivity index (χ0v) is 10.5. The minimum atomic E-state index is -0.986. The van der Waals surface area contributed by atoms with Crippen LogP contribution in [0.2, 0.25) is 0 Å². The van der Waals surface area contributed by atoms with Crippen molar-refractivity contribution in [1.82, 2.24) is 0 Å². The van der Waals surface area contributed by atoms with Crippen molar-refractivity contribution in [3.05, 3.63) is 33.2 Å². The molecule has 0 saturated heterocycles. The summed E-state index contributed by atoms with van der Waals surface area (Å²) in [5, 5.41) is 34.2. The van der Waals surface area contributed by atoms with Crippen LogP contribution in [-0.4, -0.2) is 0 Å². The van der Waals surface area contributed by atoms with Crippen LogP contribution >= 0.6 is 0 Å². The summed E-state index contributed by atoms with van der Waals surface area (Å²) in [6.07, 6.45) is 0. The Balaban J connectivity index is 4.35. The molecule has 0 radical (unpaired) electrons. The molecule has 1 aromatic rings. The van der Waals surface area contributed by atoms with Crippen molar-refractivity contribution < 1.29 is 8.78 Å². The zero-order valence-electron chi connectivity index (χ0n) is 10.5. The van der Waals surface area contributed by atoms with Crippen LogP contribution in [-0.2, 0) is 0 Å². The molecule has 0 saturated carbocycles. The lowest BCUT2D eigenvalue weighted by molar-refractivity contribution is 0.568. The monoisotopic (exact) mass is 268 g/mol. The second-order valence-electron chi connectivity index (χ2n) is 3.83. The molecule has 0 atom stereocenters. The molecule has 6 heteroatoms. The maximum Gasteiger partial charge on any atom is 0.140 e. The maximum absolute atomic E-state index is 14.2. The highest BCUT2D eigenvalue weighted by molar-refractivity contribution is 5.76. The van der Waals surface area contributed by atoms with Crippen LogP contribution in [0.15, 0.2) is 0 Å². The summed E-state index contributed by atoms with van der Waals surface area (Å²) in [4.78, 5) is 0. The molecule has 0 aliphatic rings. The standard InChI is InChI=1S/C14H6F2N4/c1-7-11(9(3-17)4-18)14(16)8(2)12(13(7)15)10(5-19)6-20/h1-2H3. The lowest BCUT2D eigenvalue weighted by Crippen LogP contribution is -2.29. The molecule has 0 fully saturated rings. The van der Waals surface area contributed by atoms with Gasteiger partial charge in [0.05, 0.1) is 0 Å². The molecule has 0 amide bonds. The van der Waals surface area contributed by atoms with Crippen molar-refractivity contribution in [2.45, 2.75) is 13.8 Å². The predicted molar refractivity (Wildman–Crippen MR) is 64.3 cm³/mol. The van der Waals surface area contributed by atoms with Gasteiger partial charge in [0.1, 0.15) is 47.1 Å². The maximum atomic E-state index is 14.2. The normalized spacial score (nSPS) is 8.80. The van der Waals surface area contributed by atoms with E-state index in [9.17, 15) is 8.78 Å². The topological polar surface area (TPSA) is 95.2 Å². The smallest absolute Gasteiger partial charge is 0.140 e. The molecule has 0 heterocycles. The van der Waals surface area contributed by atoms with Crippen molar-refractivity contribution in [2.75, 3.05) is 0 Å². The highest BCUT2D eigenvalue weighted by Crippen LogP contribution is 2.07. The number of benzene rings is 1. The average Bonchev–Trinajstić information content (AvgIpc) is 2.46. The third-order valence-electron chi connectivity index (χ3n) is 2.79. The van der Waals surface area contributed by atoms with Gasteiger partial charge >= 0.3 is 0 Å². The molecule has 1 rings (SSSR count). The highest BCUT2D eigenvalue weighted by Gasteiger charge is 2.17. The largest absolute Gasteiger partial charge is 0.206 e. The molecular weight excluding hydrogens is 262 g/mol. The molecule has 0 bridgehead atoms. The van der Waals surface area contributed by atoms with Crippen LogP contribution in [0.1, 0.15) is 11.1 Å².